The Morgan fingerprint density at radius 3 is 2.55 bits per heavy atom. The Labute approximate surface area is 184 Å². The molecule has 1 aromatic rings. The summed E-state index contributed by atoms with van der Waals surface area (Å²) in [5.41, 5.74) is 9.79. The van der Waals surface area contributed by atoms with Crippen molar-refractivity contribution in [3.63, 3.8) is 0 Å². The number of hydrogen-bond donors (Lipinski definition) is 1. The van der Waals surface area contributed by atoms with E-state index in [2.05, 4.69) is 26.3 Å². The van der Waals surface area contributed by atoms with Crippen LogP contribution in [0.4, 0.5) is 0 Å². The van der Waals surface area contributed by atoms with Crippen LogP contribution in [0.15, 0.2) is 23.1 Å². The van der Waals surface area contributed by atoms with E-state index in [9.17, 15) is 9.59 Å². The van der Waals surface area contributed by atoms with Crippen molar-refractivity contribution in [3.05, 3.63) is 50.9 Å². The zero-order chi connectivity index (χ0) is 22.7. The first-order valence-corrected chi connectivity index (χ1v) is 11.1. The molecular weight excluding hydrogens is 394 g/mol. The molecule has 6 heteroatoms. The number of ether oxygens (including phenoxy) is 2. The molecule has 0 spiro atoms. The summed E-state index contributed by atoms with van der Waals surface area (Å²) in [5, 5.41) is 0. The summed E-state index contributed by atoms with van der Waals surface area (Å²) in [7, 11) is 0. The lowest BCUT2D eigenvalue weighted by molar-refractivity contribution is -0.137. The van der Waals surface area contributed by atoms with Crippen LogP contribution in [0.25, 0.3) is 0 Å². The van der Waals surface area contributed by atoms with Crippen LogP contribution in [0, 0.1) is 20.8 Å². The second-order valence-electron chi connectivity index (χ2n) is 8.18. The number of fused-ring (bicyclic) bond motifs is 1. The van der Waals surface area contributed by atoms with Crippen LogP contribution in [0.3, 0.4) is 0 Å². The minimum Gasteiger partial charge on any atom is -0.493 e. The third kappa shape index (κ3) is 4.54. The summed E-state index contributed by atoms with van der Waals surface area (Å²) >= 11 is 0. The second kappa shape index (κ2) is 9.69. The van der Waals surface area contributed by atoms with E-state index in [1.54, 1.807) is 0 Å². The van der Waals surface area contributed by atoms with E-state index in [1.165, 1.54) is 23.6 Å². The summed E-state index contributed by atoms with van der Waals surface area (Å²) in [6.07, 6.45) is 4.26. The summed E-state index contributed by atoms with van der Waals surface area (Å²) in [6.45, 7) is 12.7. The van der Waals surface area contributed by atoms with Gasteiger partial charge in [-0.3, -0.25) is 19.9 Å². The molecule has 0 bridgehead atoms. The Hall–Kier alpha value is -2.60. The lowest BCUT2D eigenvalue weighted by atomic mass is 9.77. The zero-order valence-electron chi connectivity index (χ0n) is 19.4. The number of hydrogen-bond acceptors (Lipinski definition) is 6. The van der Waals surface area contributed by atoms with Gasteiger partial charge in [0.05, 0.1) is 24.5 Å². The number of benzene rings is 1. The van der Waals surface area contributed by atoms with Crippen LogP contribution in [0.5, 0.6) is 5.75 Å². The molecule has 6 nitrogen and oxygen atoms in total. The first-order valence-electron chi connectivity index (χ1n) is 11.1. The van der Waals surface area contributed by atoms with Gasteiger partial charge in [0, 0.05) is 43.2 Å². The molecule has 0 aromatic heterocycles. The van der Waals surface area contributed by atoms with Crippen LogP contribution >= 0.6 is 0 Å². The van der Waals surface area contributed by atoms with Crippen molar-refractivity contribution in [3.8, 4) is 5.75 Å². The normalized spacial score (nSPS) is 18.7. The lowest BCUT2D eigenvalue weighted by Crippen LogP contribution is -2.27. The van der Waals surface area contributed by atoms with Crippen molar-refractivity contribution in [1.29, 1.82) is 0 Å². The minimum atomic E-state index is -0.438. The van der Waals surface area contributed by atoms with Crippen molar-refractivity contribution in [2.75, 3.05) is 13.2 Å². The highest BCUT2D eigenvalue weighted by Crippen LogP contribution is 2.46. The number of carbonyl (C=O) groups excluding carboxylic acids is 2. The smallest absolute Gasteiger partial charge is 0.307 e. The van der Waals surface area contributed by atoms with E-state index in [-0.39, 0.29) is 11.7 Å². The fourth-order valence-corrected chi connectivity index (χ4v) is 4.62. The molecule has 0 radical (unpaired) electrons. The Balaban J connectivity index is 2.10. The van der Waals surface area contributed by atoms with Gasteiger partial charge in [0.1, 0.15) is 11.5 Å². The standard InChI is InChI=1S/C25H33NO5/c1-7-9-20(26-30-8-2)24-21(28)12-18(13-22(24)31-17(6)27)23-16(5)14(3)15(4)19-10-11-29-25(19)23/h9,18,26H,7-8,10-13H2,1-6H3. The monoisotopic (exact) mass is 427 g/mol. The summed E-state index contributed by atoms with van der Waals surface area (Å²) in [4.78, 5) is 30.6. The molecule has 31 heavy (non-hydrogen) atoms. The van der Waals surface area contributed by atoms with Gasteiger partial charge in [-0.2, -0.15) is 0 Å². The van der Waals surface area contributed by atoms with E-state index < -0.39 is 5.97 Å². The maximum atomic E-state index is 13.4. The van der Waals surface area contributed by atoms with E-state index in [1.807, 2.05) is 19.9 Å². The predicted molar refractivity (Wildman–Crippen MR) is 119 cm³/mol. The van der Waals surface area contributed by atoms with Crippen molar-refractivity contribution in [2.45, 2.75) is 73.1 Å². The van der Waals surface area contributed by atoms with Crippen molar-refractivity contribution in [1.82, 2.24) is 5.48 Å². The van der Waals surface area contributed by atoms with Crippen molar-refractivity contribution in [2.24, 2.45) is 0 Å². The van der Waals surface area contributed by atoms with Crippen LogP contribution in [-0.2, 0) is 25.6 Å². The van der Waals surface area contributed by atoms with Gasteiger partial charge in [-0.25, -0.2) is 0 Å². The van der Waals surface area contributed by atoms with Gasteiger partial charge in [-0.1, -0.05) is 13.0 Å². The molecular formula is C25H33NO5. The maximum Gasteiger partial charge on any atom is 0.307 e. The largest absolute Gasteiger partial charge is 0.493 e. The van der Waals surface area contributed by atoms with E-state index in [0.29, 0.717) is 49.5 Å². The quantitative estimate of drug-likeness (QED) is 0.505. The van der Waals surface area contributed by atoms with Crippen LogP contribution in [0.2, 0.25) is 0 Å². The average molecular weight is 428 g/mol. The third-order valence-electron chi connectivity index (χ3n) is 6.20. The number of rotatable bonds is 7. The SMILES string of the molecule is CCC=C(NOCC)C1=C(OC(C)=O)CC(c2c(C)c(C)c(C)c3c2OCC3)CC1=O. The minimum absolute atomic E-state index is 0.0659. The Kier molecular flexibility index (Phi) is 7.21. The summed E-state index contributed by atoms with van der Waals surface area (Å²) < 4.78 is 11.6. The Morgan fingerprint density at radius 1 is 1.16 bits per heavy atom. The maximum absolute atomic E-state index is 13.4. The topological polar surface area (TPSA) is 73.9 Å². The number of nitrogens with one attached hydrogen (secondary N) is 1. The van der Waals surface area contributed by atoms with E-state index in [0.717, 1.165) is 23.3 Å². The van der Waals surface area contributed by atoms with Gasteiger partial charge in [0.25, 0.3) is 0 Å². The molecule has 1 heterocycles. The van der Waals surface area contributed by atoms with Gasteiger partial charge in [-0.15, -0.1) is 0 Å². The Bertz CT molecular complexity index is 957. The molecule has 2 aliphatic rings. The first kappa shape index (κ1) is 23.1. The number of hydroxylamine groups is 1. The summed E-state index contributed by atoms with van der Waals surface area (Å²) in [5.74, 6) is 0.702. The highest BCUT2D eigenvalue weighted by atomic mass is 16.6. The summed E-state index contributed by atoms with van der Waals surface area (Å²) in [6, 6.07) is 0. The second-order valence-corrected chi connectivity index (χ2v) is 8.18. The van der Waals surface area contributed by atoms with Gasteiger partial charge in [0.15, 0.2) is 5.78 Å². The molecule has 0 fully saturated rings. The van der Waals surface area contributed by atoms with Gasteiger partial charge < -0.3 is 9.47 Å². The van der Waals surface area contributed by atoms with Crippen LogP contribution < -0.4 is 10.2 Å². The fourth-order valence-electron chi connectivity index (χ4n) is 4.62. The molecule has 0 amide bonds. The zero-order valence-corrected chi connectivity index (χ0v) is 19.4. The molecule has 1 unspecified atom stereocenters. The number of ketones is 1. The van der Waals surface area contributed by atoms with Gasteiger partial charge in [-0.05, 0) is 50.8 Å². The van der Waals surface area contributed by atoms with Crippen LogP contribution in [-0.4, -0.2) is 25.0 Å². The average Bonchev–Trinajstić information content (AvgIpc) is 3.19. The Morgan fingerprint density at radius 2 is 1.90 bits per heavy atom. The number of Topliss-reactive ketones (excluding diaryl/α,β-unsaturated/α-hetero) is 1. The first-order chi connectivity index (χ1) is 14.8. The van der Waals surface area contributed by atoms with Gasteiger partial charge >= 0.3 is 5.97 Å². The fraction of sp³-hybridized carbons (Fsp3) is 0.520. The highest BCUT2D eigenvalue weighted by molar-refractivity contribution is 6.01. The molecule has 0 saturated heterocycles. The molecule has 1 N–H and O–H groups in total. The van der Waals surface area contributed by atoms with Crippen molar-refractivity contribution < 1.29 is 23.9 Å². The molecule has 1 atom stereocenters. The molecule has 168 valence electrons. The third-order valence-corrected chi connectivity index (χ3v) is 6.20. The predicted octanol–water partition coefficient (Wildman–Crippen LogP) is 4.65. The van der Waals surface area contributed by atoms with E-state index in [4.69, 9.17) is 14.3 Å². The lowest BCUT2D eigenvalue weighted by Gasteiger charge is -2.30. The number of allylic oxidation sites excluding steroid dienone is 3. The molecule has 3 rings (SSSR count). The molecule has 1 aliphatic heterocycles. The number of esters is 1. The number of carbonyl (C=O) groups is 2. The molecule has 1 aromatic carbocycles. The van der Waals surface area contributed by atoms with E-state index >= 15 is 0 Å². The molecule has 0 saturated carbocycles. The highest BCUT2D eigenvalue weighted by Gasteiger charge is 2.36. The van der Waals surface area contributed by atoms with Gasteiger partial charge in [0.2, 0.25) is 0 Å². The van der Waals surface area contributed by atoms with Crippen LogP contribution in [0.1, 0.15) is 73.8 Å². The van der Waals surface area contributed by atoms with Crippen molar-refractivity contribution >= 4 is 11.8 Å². The molecule has 1 aliphatic carbocycles.